The van der Waals surface area contributed by atoms with Crippen molar-refractivity contribution in [2.24, 2.45) is 0 Å². The Balaban J connectivity index is 1.43. The Morgan fingerprint density at radius 1 is 1.28 bits per heavy atom. The van der Waals surface area contributed by atoms with Gasteiger partial charge in [0.15, 0.2) is 0 Å². The summed E-state index contributed by atoms with van der Waals surface area (Å²) < 4.78 is 0. The van der Waals surface area contributed by atoms with Crippen LogP contribution in [0.2, 0.25) is 0 Å². The highest BCUT2D eigenvalue weighted by atomic mass is 32.2. The van der Waals surface area contributed by atoms with Crippen LogP contribution < -0.4 is 10.6 Å². The van der Waals surface area contributed by atoms with E-state index in [2.05, 4.69) is 10.6 Å². The quantitative estimate of drug-likeness (QED) is 0.691. The van der Waals surface area contributed by atoms with E-state index < -0.39 is 12.1 Å². The summed E-state index contributed by atoms with van der Waals surface area (Å²) in [6, 6.07) is 6.68. The summed E-state index contributed by atoms with van der Waals surface area (Å²) >= 11 is 3.27. The van der Waals surface area contributed by atoms with E-state index in [0.29, 0.717) is 17.7 Å². The van der Waals surface area contributed by atoms with Gasteiger partial charge in [-0.3, -0.25) is 14.4 Å². The Bertz CT molecular complexity index is 797. The van der Waals surface area contributed by atoms with Gasteiger partial charge in [-0.25, -0.2) is 0 Å². The first-order valence-corrected chi connectivity index (χ1v) is 12.7. The summed E-state index contributed by atoms with van der Waals surface area (Å²) in [4.78, 5) is 40.5. The molecule has 2 fully saturated rings. The molecule has 4 rings (SSSR count). The number of amides is 3. The van der Waals surface area contributed by atoms with Crippen LogP contribution in [0.25, 0.3) is 0 Å². The average molecular weight is 434 g/mol. The predicted molar refractivity (Wildman–Crippen MR) is 117 cm³/mol. The zero-order valence-corrected chi connectivity index (χ0v) is 18.2. The van der Waals surface area contributed by atoms with E-state index in [0.717, 1.165) is 37.0 Å². The summed E-state index contributed by atoms with van der Waals surface area (Å²) in [5.74, 6) is 0.924. The second-order valence-electron chi connectivity index (χ2n) is 7.83. The second-order valence-corrected chi connectivity index (χ2v) is 9.93. The molecule has 1 saturated heterocycles. The number of hydrogen-bond donors (Lipinski definition) is 2. The second kappa shape index (κ2) is 9.00. The Morgan fingerprint density at radius 2 is 2.03 bits per heavy atom. The van der Waals surface area contributed by atoms with Crippen molar-refractivity contribution in [1.29, 1.82) is 0 Å². The van der Waals surface area contributed by atoms with Gasteiger partial charge in [0.25, 0.3) is 5.91 Å². The maximum atomic E-state index is 13.1. The third-order valence-electron chi connectivity index (χ3n) is 5.94. The molecule has 1 aliphatic carbocycles. The van der Waals surface area contributed by atoms with Crippen LogP contribution in [0.4, 0.5) is 0 Å². The zero-order chi connectivity index (χ0) is 20.4. The summed E-state index contributed by atoms with van der Waals surface area (Å²) in [5, 5.41) is 5.96. The maximum absolute atomic E-state index is 13.1. The lowest BCUT2D eigenvalue weighted by Gasteiger charge is -2.26. The first kappa shape index (κ1) is 20.6. The van der Waals surface area contributed by atoms with Crippen LogP contribution in [-0.4, -0.2) is 58.5 Å². The van der Waals surface area contributed by atoms with Crippen molar-refractivity contribution in [3.05, 3.63) is 35.4 Å². The van der Waals surface area contributed by atoms with Crippen molar-refractivity contribution < 1.29 is 14.4 Å². The normalized spacial score (nSPS) is 24.3. The molecule has 2 N–H and O–H groups in total. The number of fused-ring (bicyclic) bond motifs is 3. The fourth-order valence-corrected chi connectivity index (χ4v) is 6.32. The van der Waals surface area contributed by atoms with E-state index in [-0.39, 0.29) is 29.1 Å². The molecule has 2 aliphatic heterocycles. The molecule has 0 spiro atoms. The molecule has 1 aromatic rings. The number of benzene rings is 1. The summed E-state index contributed by atoms with van der Waals surface area (Å²) in [6.07, 6.45) is 6.89. The molecular formula is C21H27N3O3S2. The average Bonchev–Trinajstić information content (AvgIpc) is 3.44. The van der Waals surface area contributed by atoms with E-state index >= 15 is 0 Å². The highest BCUT2D eigenvalue weighted by Gasteiger charge is 2.48. The fraction of sp³-hybridized carbons (Fsp3) is 0.571. The van der Waals surface area contributed by atoms with Crippen molar-refractivity contribution in [1.82, 2.24) is 15.5 Å². The molecule has 0 aromatic heterocycles. The molecule has 156 valence electrons. The van der Waals surface area contributed by atoms with Crippen LogP contribution in [0.1, 0.15) is 53.4 Å². The number of hydrogen-bond acceptors (Lipinski definition) is 5. The van der Waals surface area contributed by atoms with Gasteiger partial charge >= 0.3 is 0 Å². The minimum Gasteiger partial charge on any atom is -0.352 e. The van der Waals surface area contributed by atoms with Gasteiger partial charge in [-0.05, 0) is 42.9 Å². The van der Waals surface area contributed by atoms with Gasteiger partial charge in [0.1, 0.15) is 17.5 Å². The molecule has 2 heterocycles. The molecular weight excluding hydrogens is 406 g/mol. The zero-order valence-electron chi connectivity index (χ0n) is 16.6. The first-order chi connectivity index (χ1) is 14.1. The maximum Gasteiger partial charge on any atom is 0.256 e. The number of carbonyl (C=O) groups excluding carboxylic acids is 3. The Hall–Kier alpha value is -1.67. The molecule has 29 heavy (non-hydrogen) atoms. The molecule has 1 saturated carbocycles. The van der Waals surface area contributed by atoms with Gasteiger partial charge in [-0.1, -0.05) is 31.0 Å². The van der Waals surface area contributed by atoms with Gasteiger partial charge in [0.2, 0.25) is 11.8 Å². The minimum absolute atomic E-state index is 0.0909. The lowest BCUT2D eigenvalue weighted by atomic mass is 10.1. The Morgan fingerprint density at radius 3 is 2.79 bits per heavy atom. The topological polar surface area (TPSA) is 78.5 Å². The van der Waals surface area contributed by atoms with Crippen LogP contribution in [0, 0.1) is 0 Å². The monoisotopic (exact) mass is 433 g/mol. The van der Waals surface area contributed by atoms with Crippen molar-refractivity contribution in [2.45, 2.75) is 55.6 Å². The fourth-order valence-electron chi connectivity index (χ4n) is 4.39. The largest absolute Gasteiger partial charge is 0.352 e. The number of nitrogens with zero attached hydrogens (tertiary/aromatic N) is 1. The highest BCUT2D eigenvalue weighted by Crippen LogP contribution is 2.48. The Kier molecular flexibility index (Phi) is 6.39. The molecule has 8 heteroatoms. The van der Waals surface area contributed by atoms with E-state index in [1.165, 1.54) is 0 Å². The minimum atomic E-state index is -0.556. The number of thioether (sulfide) groups is 2. The van der Waals surface area contributed by atoms with E-state index in [1.54, 1.807) is 28.4 Å². The van der Waals surface area contributed by atoms with Gasteiger partial charge in [0.05, 0.1) is 0 Å². The molecule has 0 bridgehead atoms. The molecule has 3 atom stereocenters. The Labute approximate surface area is 179 Å². The lowest BCUT2D eigenvalue weighted by Crippen LogP contribution is -2.54. The van der Waals surface area contributed by atoms with Crippen LogP contribution in [0.3, 0.4) is 0 Å². The van der Waals surface area contributed by atoms with Gasteiger partial charge in [-0.2, -0.15) is 11.8 Å². The van der Waals surface area contributed by atoms with E-state index in [4.69, 9.17) is 0 Å². The molecule has 0 unspecified atom stereocenters. The van der Waals surface area contributed by atoms with Crippen LogP contribution in [0.15, 0.2) is 24.3 Å². The SMILES string of the molecule is CSCC[C@H](NC(=O)[C@@H]1CS[C@@H]2c3ccccc3C(=O)N21)C(=O)NC1CCCC1. The molecule has 3 amide bonds. The predicted octanol–water partition coefficient (Wildman–Crippen LogP) is 2.55. The summed E-state index contributed by atoms with van der Waals surface area (Å²) in [7, 11) is 0. The molecule has 1 aromatic carbocycles. The van der Waals surface area contributed by atoms with Crippen molar-refractivity contribution in [3.8, 4) is 0 Å². The van der Waals surface area contributed by atoms with Gasteiger partial charge in [-0.15, -0.1) is 11.8 Å². The van der Waals surface area contributed by atoms with Crippen molar-refractivity contribution in [3.63, 3.8) is 0 Å². The smallest absolute Gasteiger partial charge is 0.256 e. The first-order valence-electron chi connectivity index (χ1n) is 10.2. The number of rotatable bonds is 7. The number of carbonyl (C=O) groups is 3. The molecule has 0 radical (unpaired) electrons. The third-order valence-corrected chi connectivity index (χ3v) is 7.89. The lowest BCUT2D eigenvalue weighted by molar-refractivity contribution is -0.131. The van der Waals surface area contributed by atoms with Gasteiger partial charge < -0.3 is 15.5 Å². The molecule has 3 aliphatic rings. The van der Waals surface area contributed by atoms with Crippen LogP contribution >= 0.6 is 23.5 Å². The van der Waals surface area contributed by atoms with Gasteiger partial charge in [0, 0.05) is 17.4 Å². The van der Waals surface area contributed by atoms with Crippen LogP contribution in [-0.2, 0) is 9.59 Å². The highest BCUT2D eigenvalue weighted by molar-refractivity contribution is 7.99. The number of nitrogens with one attached hydrogen (secondary N) is 2. The van der Waals surface area contributed by atoms with Crippen molar-refractivity contribution in [2.75, 3.05) is 17.8 Å². The standard InChI is InChI=1S/C21H27N3O3S2/c1-28-11-10-16(18(25)22-13-6-2-3-7-13)23-19(26)17-12-29-21-15-9-5-4-8-14(15)20(27)24(17)21/h4-5,8-9,13,16-17,21H,2-3,6-7,10-12H2,1H3,(H,22,25)(H,23,26)/t16-,17-,21+/m0/s1. The van der Waals surface area contributed by atoms with E-state index in [9.17, 15) is 14.4 Å². The van der Waals surface area contributed by atoms with Crippen LogP contribution in [0.5, 0.6) is 0 Å². The summed E-state index contributed by atoms with van der Waals surface area (Å²) in [6.45, 7) is 0. The van der Waals surface area contributed by atoms with Crippen molar-refractivity contribution >= 4 is 41.2 Å². The molecule has 6 nitrogen and oxygen atoms in total. The summed E-state index contributed by atoms with van der Waals surface area (Å²) in [5.41, 5.74) is 1.66. The third kappa shape index (κ3) is 4.14. The van der Waals surface area contributed by atoms with E-state index in [1.807, 2.05) is 30.5 Å².